The van der Waals surface area contributed by atoms with Crippen LogP contribution in [0.4, 0.5) is 5.69 Å². The normalized spacial score (nSPS) is 33.5. The molecule has 10 heteroatoms. The Morgan fingerprint density at radius 3 is 2.59 bits per heavy atom. The van der Waals surface area contributed by atoms with E-state index in [0.29, 0.717) is 24.0 Å². The molecule has 3 aliphatic heterocycles. The van der Waals surface area contributed by atoms with Gasteiger partial charge in [0.05, 0.1) is 23.1 Å². The molecule has 1 saturated heterocycles. The van der Waals surface area contributed by atoms with E-state index >= 15 is 0 Å². The third kappa shape index (κ3) is 6.86. The van der Waals surface area contributed by atoms with Crippen LogP contribution in [0.15, 0.2) is 36.4 Å². The van der Waals surface area contributed by atoms with E-state index in [2.05, 4.69) is 26.7 Å². The highest BCUT2D eigenvalue weighted by Gasteiger charge is 2.50. The average molecular weight is 712 g/mol. The van der Waals surface area contributed by atoms with Gasteiger partial charge < -0.3 is 19.3 Å². The maximum atomic E-state index is 13.6. The number of likely N-dealkylation sites (tertiary alicyclic amines) is 1. The number of amides is 1. The van der Waals surface area contributed by atoms with E-state index in [1.807, 2.05) is 32.2 Å². The van der Waals surface area contributed by atoms with E-state index in [1.54, 1.807) is 13.0 Å². The minimum Gasteiger partial charge on any atom is -0.490 e. The van der Waals surface area contributed by atoms with E-state index in [0.717, 1.165) is 107 Å². The first-order valence-electron chi connectivity index (χ1n) is 18.7. The number of halogens is 1. The van der Waals surface area contributed by atoms with E-state index in [4.69, 9.17) is 21.1 Å². The number of hydrogen-bond donors (Lipinski definition) is 1. The number of carbonyl (C=O) groups excluding carboxylic acids is 1. The minimum atomic E-state index is -3.89. The molecule has 1 spiro atoms. The zero-order chi connectivity index (χ0) is 34.4. The molecule has 1 saturated carbocycles. The largest absolute Gasteiger partial charge is 0.490 e. The van der Waals surface area contributed by atoms with Crippen LogP contribution in [0.1, 0.15) is 99.5 Å². The standard InChI is InChI=1S/C39H54ClN3O5S/c1-27-8-6-17-39(47-3,18-21-42-19-4-5-20-42)34-13-10-31(34)24-43-25-38(16-7-9-29-22-32(40)12-14-33(29)38)26-48-36-15-11-30(23-35(36)43)37(44)41-49(45,46)28(27)2/h11-12,14-15,22-23,27-28,31,34H,4-10,13,16-21,24-26H2,1-3H3,(H,41,44)/t27-,28+,31-,34+,38-,39+/m0/s1. The Morgan fingerprint density at radius 2 is 1.84 bits per heavy atom. The Balaban J connectivity index is 1.29. The van der Waals surface area contributed by atoms with Crippen molar-refractivity contribution in [3.05, 3.63) is 58.1 Å². The van der Waals surface area contributed by atoms with Crippen molar-refractivity contribution in [1.29, 1.82) is 0 Å². The molecule has 2 aromatic rings. The molecular weight excluding hydrogens is 658 g/mol. The first-order valence-corrected chi connectivity index (χ1v) is 20.6. The van der Waals surface area contributed by atoms with Gasteiger partial charge in [-0.1, -0.05) is 31.0 Å². The van der Waals surface area contributed by atoms with Crippen molar-refractivity contribution in [1.82, 2.24) is 9.62 Å². The van der Waals surface area contributed by atoms with E-state index in [1.165, 1.54) is 24.0 Å². The van der Waals surface area contributed by atoms with Crippen molar-refractivity contribution in [2.75, 3.05) is 51.3 Å². The topological polar surface area (TPSA) is 88.2 Å². The van der Waals surface area contributed by atoms with Crippen molar-refractivity contribution in [3.63, 3.8) is 0 Å². The van der Waals surface area contributed by atoms with Crippen LogP contribution in [0.25, 0.3) is 0 Å². The zero-order valence-corrected chi connectivity index (χ0v) is 31.1. The average Bonchev–Trinajstić information content (AvgIpc) is 3.55. The summed E-state index contributed by atoms with van der Waals surface area (Å²) >= 11 is 6.49. The first kappa shape index (κ1) is 35.1. The van der Waals surface area contributed by atoms with Crippen molar-refractivity contribution < 1.29 is 22.7 Å². The molecule has 1 amide bonds. The van der Waals surface area contributed by atoms with Gasteiger partial charge in [-0.15, -0.1) is 0 Å². The lowest BCUT2D eigenvalue weighted by atomic mass is 9.61. The summed E-state index contributed by atoms with van der Waals surface area (Å²) in [5.41, 5.74) is 3.29. The predicted octanol–water partition coefficient (Wildman–Crippen LogP) is 6.98. The quantitative estimate of drug-likeness (QED) is 0.366. The molecule has 0 aromatic heterocycles. The molecule has 49 heavy (non-hydrogen) atoms. The third-order valence-electron chi connectivity index (χ3n) is 13.1. The molecule has 1 N–H and O–H groups in total. The van der Waals surface area contributed by atoms with Crippen LogP contribution < -0.4 is 14.4 Å². The summed E-state index contributed by atoms with van der Waals surface area (Å²) in [6, 6.07) is 11.7. The highest BCUT2D eigenvalue weighted by molar-refractivity contribution is 7.90. The fourth-order valence-corrected chi connectivity index (χ4v) is 11.3. The molecular formula is C39H54ClN3O5S. The summed E-state index contributed by atoms with van der Waals surface area (Å²) in [6.07, 6.45) is 11.4. The molecule has 5 aliphatic rings. The van der Waals surface area contributed by atoms with Gasteiger partial charge in [0.15, 0.2) is 0 Å². The van der Waals surface area contributed by atoms with Gasteiger partial charge in [0.2, 0.25) is 10.0 Å². The predicted molar refractivity (Wildman–Crippen MR) is 195 cm³/mol. The Bertz CT molecular complexity index is 1650. The van der Waals surface area contributed by atoms with Gasteiger partial charge in [-0.2, -0.15) is 0 Å². The molecule has 0 unspecified atom stereocenters. The number of hydrogen-bond acceptors (Lipinski definition) is 7. The van der Waals surface area contributed by atoms with Gasteiger partial charge in [-0.25, -0.2) is 13.1 Å². The van der Waals surface area contributed by atoms with Crippen molar-refractivity contribution in [3.8, 4) is 5.75 Å². The van der Waals surface area contributed by atoms with Gasteiger partial charge in [0.1, 0.15) is 5.75 Å². The number of nitrogens with one attached hydrogen (secondary N) is 1. The van der Waals surface area contributed by atoms with Crippen LogP contribution in [0, 0.1) is 17.8 Å². The van der Waals surface area contributed by atoms with E-state index < -0.39 is 21.2 Å². The third-order valence-corrected chi connectivity index (χ3v) is 15.2. The number of benzene rings is 2. The van der Waals surface area contributed by atoms with Crippen molar-refractivity contribution in [2.24, 2.45) is 17.8 Å². The monoisotopic (exact) mass is 711 g/mol. The molecule has 2 aliphatic carbocycles. The first-order chi connectivity index (χ1) is 23.5. The smallest absolute Gasteiger partial charge is 0.264 e. The highest BCUT2D eigenvalue weighted by atomic mass is 35.5. The second kappa shape index (κ2) is 14.0. The van der Waals surface area contributed by atoms with Crippen LogP contribution in [0.2, 0.25) is 5.02 Å². The molecule has 2 aromatic carbocycles. The summed E-state index contributed by atoms with van der Waals surface area (Å²) in [5.74, 6) is 0.869. The second-order valence-electron chi connectivity index (χ2n) is 15.8. The van der Waals surface area contributed by atoms with E-state index in [9.17, 15) is 13.2 Å². The molecule has 6 atom stereocenters. The lowest BCUT2D eigenvalue weighted by Gasteiger charge is -2.52. The number of nitrogens with zero attached hydrogens (tertiary/aromatic N) is 2. The minimum absolute atomic E-state index is 0.107. The summed E-state index contributed by atoms with van der Waals surface area (Å²) < 4.78 is 42.9. The van der Waals surface area contributed by atoms with Crippen LogP contribution >= 0.6 is 11.6 Å². The number of rotatable bonds is 4. The number of anilines is 1. The summed E-state index contributed by atoms with van der Waals surface area (Å²) in [7, 11) is -1.99. The van der Waals surface area contributed by atoms with E-state index in [-0.39, 0.29) is 16.9 Å². The van der Waals surface area contributed by atoms with Gasteiger partial charge in [0, 0.05) is 42.7 Å². The second-order valence-corrected chi connectivity index (χ2v) is 18.3. The van der Waals surface area contributed by atoms with Gasteiger partial charge in [-0.05, 0) is 143 Å². The summed E-state index contributed by atoms with van der Waals surface area (Å²) in [5, 5.41) is 0.0536. The number of sulfonamides is 1. The van der Waals surface area contributed by atoms with Crippen LogP contribution in [-0.2, 0) is 26.6 Å². The Labute approximate surface area is 298 Å². The maximum Gasteiger partial charge on any atom is 0.264 e. The molecule has 8 nitrogen and oxygen atoms in total. The lowest BCUT2D eigenvalue weighted by molar-refractivity contribution is -0.123. The number of fused-ring (bicyclic) bond motifs is 4. The Morgan fingerprint density at radius 1 is 1.02 bits per heavy atom. The lowest BCUT2D eigenvalue weighted by Crippen LogP contribution is -2.54. The summed E-state index contributed by atoms with van der Waals surface area (Å²) in [6.45, 7) is 9.20. The van der Waals surface area contributed by atoms with Crippen LogP contribution in [0.3, 0.4) is 0 Å². The fourth-order valence-electron chi connectivity index (χ4n) is 9.77. The maximum absolute atomic E-state index is 13.6. The number of carbonyl (C=O) groups is 1. The van der Waals surface area contributed by atoms with Crippen molar-refractivity contribution in [2.45, 2.75) is 101 Å². The Hall–Kier alpha value is -2.33. The van der Waals surface area contributed by atoms with Gasteiger partial charge in [0.25, 0.3) is 5.91 Å². The van der Waals surface area contributed by atoms with Crippen LogP contribution in [0.5, 0.6) is 5.75 Å². The molecule has 268 valence electrons. The molecule has 0 radical (unpaired) electrons. The molecule has 3 heterocycles. The van der Waals surface area contributed by atoms with Crippen molar-refractivity contribution >= 4 is 33.2 Å². The number of ether oxygens (including phenoxy) is 2. The summed E-state index contributed by atoms with van der Waals surface area (Å²) in [4.78, 5) is 18.6. The van der Waals surface area contributed by atoms with Gasteiger partial charge >= 0.3 is 0 Å². The number of methoxy groups -OCH3 is 1. The number of aryl methyl sites for hydroxylation is 1. The fraction of sp³-hybridized carbons (Fsp3) is 0.667. The zero-order valence-electron chi connectivity index (χ0n) is 29.5. The van der Waals surface area contributed by atoms with Crippen LogP contribution in [-0.4, -0.2) is 76.5 Å². The highest BCUT2D eigenvalue weighted by Crippen LogP contribution is 2.51. The molecule has 2 fully saturated rings. The molecule has 7 rings (SSSR count). The SMILES string of the molecule is CO[C@@]1(CCN2CCCC2)CCC[C@H](C)[C@@H](C)S(=O)(=O)NC(=O)c2ccc3c(c2)N(C[C@@H]2CC[C@H]21)C[C@@]1(CCCc2cc(Cl)ccc21)CO3. The molecule has 2 bridgehead atoms. The Kier molecular flexibility index (Phi) is 10.0. The van der Waals surface area contributed by atoms with Gasteiger partial charge in [-0.3, -0.25) is 4.79 Å².